The first kappa shape index (κ1) is 21.5. The summed E-state index contributed by atoms with van der Waals surface area (Å²) in [6.45, 7) is 4.56. The zero-order chi connectivity index (χ0) is 19.4. The van der Waals surface area contributed by atoms with Gasteiger partial charge in [0.25, 0.3) is 0 Å². The molecule has 0 aromatic heterocycles. The van der Waals surface area contributed by atoms with Gasteiger partial charge in [0.1, 0.15) is 0 Å². The molecule has 0 heterocycles. The van der Waals surface area contributed by atoms with E-state index in [1.807, 2.05) is 0 Å². The van der Waals surface area contributed by atoms with Crippen LogP contribution in [0.5, 0.6) is 0 Å². The summed E-state index contributed by atoms with van der Waals surface area (Å²) in [7, 11) is -2.09. The summed E-state index contributed by atoms with van der Waals surface area (Å²) in [5.74, 6) is 0. The van der Waals surface area contributed by atoms with Gasteiger partial charge in [-0.1, -0.05) is 119 Å². The molecular weight excluding hydrogens is 340 g/mol. The molecule has 0 nitrogen and oxygen atoms in total. The highest BCUT2D eigenvalue weighted by Gasteiger charge is 2.41. The molecule has 0 aliphatic rings. The molecule has 2 unspecified atom stereocenters. The highest BCUT2D eigenvalue weighted by atomic mass is 28.3. The molecule has 1 heteroatoms. The number of rotatable bonds is 12. The van der Waals surface area contributed by atoms with E-state index in [4.69, 9.17) is 6.42 Å². The summed E-state index contributed by atoms with van der Waals surface area (Å²) in [5, 5.41) is 1.45. The molecule has 0 saturated heterocycles. The van der Waals surface area contributed by atoms with Crippen molar-refractivity contribution in [3.8, 4) is 12.0 Å². The topological polar surface area (TPSA) is 0 Å². The van der Waals surface area contributed by atoms with Gasteiger partial charge in [0.2, 0.25) is 0 Å². The molecule has 0 radical (unpaired) electrons. The molecule has 2 aromatic carbocycles. The summed E-state index contributed by atoms with van der Waals surface area (Å²) in [5.41, 5.74) is 5.44. The summed E-state index contributed by atoms with van der Waals surface area (Å²) < 4.78 is 0. The normalized spacial score (nSPS) is 14.3. The second kappa shape index (κ2) is 11.8. The van der Waals surface area contributed by atoms with Gasteiger partial charge in [0.05, 0.1) is 0 Å². The average molecular weight is 377 g/mol. The average Bonchev–Trinajstić information content (AvgIpc) is 2.74. The third kappa shape index (κ3) is 5.85. The van der Waals surface area contributed by atoms with E-state index in [1.54, 1.807) is 0 Å². The first-order valence-corrected chi connectivity index (χ1v) is 13.1. The number of benzene rings is 2. The first-order chi connectivity index (χ1) is 13.3. The zero-order valence-electron chi connectivity index (χ0n) is 17.3. The summed E-state index contributed by atoms with van der Waals surface area (Å²) >= 11 is 0. The van der Waals surface area contributed by atoms with E-state index >= 15 is 0 Å². The van der Waals surface area contributed by atoms with E-state index < -0.39 is 8.07 Å². The Balaban J connectivity index is 2.43. The van der Waals surface area contributed by atoms with Crippen LogP contribution in [-0.4, -0.2) is 8.07 Å². The predicted octanol–water partition coefficient (Wildman–Crippen LogP) is 7.00. The predicted molar refractivity (Wildman–Crippen MR) is 123 cm³/mol. The second-order valence-corrected chi connectivity index (χ2v) is 11.8. The molecule has 0 aliphatic heterocycles. The van der Waals surface area contributed by atoms with Gasteiger partial charge >= 0.3 is 0 Å². The van der Waals surface area contributed by atoms with Gasteiger partial charge in [-0.15, -0.1) is 12.0 Å². The Bertz CT molecular complexity index is 670. The van der Waals surface area contributed by atoms with Crippen molar-refractivity contribution in [3.05, 3.63) is 66.2 Å². The number of terminal acetylenes is 1. The molecule has 0 bridgehead atoms. The molecule has 0 aliphatic carbocycles. The quantitative estimate of drug-likeness (QED) is 0.212. The molecule has 0 N–H and O–H groups in total. The third-order valence-electron chi connectivity index (χ3n) is 5.86. The fourth-order valence-corrected chi connectivity index (χ4v) is 8.93. The van der Waals surface area contributed by atoms with Crippen LogP contribution in [0, 0.1) is 12.0 Å². The lowest BCUT2D eigenvalue weighted by Gasteiger charge is -2.36. The van der Waals surface area contributed by atoms with E-state index in [2.05, 4.69) is 80.1 Å². The van der Waals surface area contributed by atoms with Crippen LogP contribution in [0.15, 0.2) is 60.7 Å². The maximum absolute atomic E-state index is 6.41. The van der Waals surface area contributed by atoms with Crippen LogP contribution in [0.2, 0.25) is 6.04 Å². The van der Waals surface area contributed by atoms with Crippen molar-refractivity contribution in [1.82, 2.24) is 0 Å². The SMILES string of the molecule is C#C[Si](CCCCCC)(c1ccccc1)C(CCCCC)c1ccccc1. The van der Waals surface area contributed by atoms with Gasteiger partial charge in [-0.05, 0) is 28.8 Å². The van der Waals surface area contributed by atoms with Gasteiger partial charge in [0, 0.05) is 0 Å². The van der Waals surface area contributed by atoms with Crippen molar-refractivity contribution < 1.29 is 0 Å². The van der Waals surface area contributed by atoms with Crippen LogP contribution in [0.3, 0.4) is 0 Å². The Morgan fingerprint density at radius 2 is 1.37 bits per heavy atom. The molecule has 0 fully saturated rings. The lowest BCUT2D eigenvalue weighted by Crippen LogP contribution is -2.52. The summed E-state index contributed by atoms with van der Waals surface area (Å²) in [6, 6.07) is 23.4. The Morgan fingerprint density at radius 1 is 0.778 bits per heavy atom. The van der Waals surface area contributed by atoms with Gasteiger partial charge in [-0.25, -0.2) is 0 Å². The third-order valence-corrected chi connectivity index (χ3v) is 10.7. The van der Waals surface area contributed by atoms with E-state index in [0.29, 0.717) is 5.54 Å². The lowest BCUT2D eigenvalue weighted by molar-refractivity contribution is 0.639. The van der Waals surface area contributed by atoms with Gasteiger partial charge < -0.3 is 0 Å². The molecule has 0 spiro atoms. The monoisotopic (exact) mass is 376 g/mol. The Kier molecular flexibility index (Phi) is 9.43. The van der Waals surface area contributed by atoms with Crippen LogP contribution in [0.25, 0.3) is 0 Å². The van der Waals surface area contributed by atoms with Gasteiger partial charge in [-0.3, -0.25) is 0 Å². The maximum atomic E-state index is 6.41. The Morgan fingerprint density at radius 3 is 1.96 bits per heavy atom. The zero-order valence-corrected chi connectivity index (χ0v) is 18.3. The number of hydrogen-bond acceptors (Lipinski definition) is 0. The summed E-state index contributed by atoms with van der Waals surface area (Å²) in [6.07, 6.45) is 16.6. The van der Waals surface area contributed by atoms with Crippen LogP contribution < -0.4 is 5.19 Å². The van der Waals surface area contributed by atoms with E-state index in [1.165, 1.54) is 68.2 Å². The van der Waals surface area contributed by atoms with Crippen LogP contribution in [0.1, 0.15) is 76.3 Å². The maximum Gasteiger partial charge on any atom is 0.175 e. The first-order valence-electron chi connectivity index (χ1n) is 10.9. The van der Waals surface area contributed by atoms with Crippen molar-refractivity contribution in [3.63, 3.8) is 0 Å². The van der Waals surface area contributed by atoms with Crippen molar-refractivity contribution in [2.24, 2.45) is 0 Å². The molecular formula is C26H36Si. The fourth-order valence-electron chi connectivity index (χ4n) is 4.32. The fraction of sp³-hybridized carbons (Fsp3) is 0.462. The molecule has 2 rings (SSSR count). The molecule has 2 atom stereocenters. The minimum Gasteiger partial charge on any atom is -0.128 e. The summed E-state index contributed by atoms with van der Waals surface area (Å²) in [4.78, 5) is 0. The highest BCUT2D eigenvalue weighted by molar-refractivity contribution is 6.99. The molecule has 27 heavy (non-hydrogen) atoms. The minimum absolute atomic E-state index is 0.513. The Labute approximate surface area is 168 Å². The Hall–Kier alpha value is -1.78. The smallest absolute Gasteiger partial charge is 0.128 e. The molecule has 0 amide bonds. The van der Waals surface area contributed by atoms with Crippen molar-refractivity contribution in [2.45, 2.75) is 76.8 Å². The molecule has 144 valence electrons. The van der Waals surface area contributed by atoms with Gasteiger partial charge in [-0.2, -0.15) is 0 Å². The molecule has 2 aromatic rings. The van der Waals surface area contributed by atoms with E-state index in [9.17, 15) is 0 Å². The molecule has 0 saturated carbocycles. The van der Waals surface area contributed by atoms with Crippen LogP contribution in [-0.2, 0) is 0 Å². The van der Waals surface area contributed by atoms with Crippen LogP contribution >= 0.6 is 0 Å². The largest absolute Gasteiger partial charge is 0.175 e. The second-order valence-electron chi connectivity index (χ2n) is 7.75. The van der Waals surface area contributed by atoms with Crippen molar-refractivity contribution >= 4 is 13.3 Å². The van der Waals surface area contributed by atoms with Crippen molar-refractivity contribution in [2.75, 3.05) is 0 Å². The van der Waals surface area contributed by atoms with Gasteiger partial charge in [0.15, 0.2) is 8.07 Å². The lowest BCUT2D eigenvalue weighted by atomic mass is 10.1. The number of hydrogen-bond donors (Lipinski definition) is 0. The van der Waals surface area contributed by atoms with E-state index in [-0.39, 0.29) is 0 Å². The minimum atomic E-state index is -2.09. The van der Waals surface area contributed by atoms with Crippen molar-refractivity contribution in [1.29, 1.82) is 0 Å². The standard InChI is InChI=1S/C26H36Si/c1-4-7-9-17-23-27(6-3,25-20-15-11-16-21-25)26(22-12-8-5-2)24-18-13-10-14-19-24/h3,10-11,13-16,18-21,26H,4-5,7-9,12,17,22-23H2,1-2H3. The highest BCUT2D eigenvalue weighted by Crippen LogP contribution is 2.35. The number of unbranched alkanes of at least 4 members (excludes halogenated alkanes) is 5. The van der Waals surface area contributed by atoms with Crippen LogP contribution in [0.4, 0.5) is 0 Å². The van der Waals surface area contributed by atoms with E-state index in [0.717, 1.165) is 0 Å².